The molecule has 0 bridgehead atoms. The van der Waals surface area contributed by atoms with Crippen molar-refractivity contribution in [1.29, 1.82) is 0 Å². The number of nitrogens with zero attached hydrogens (tertiary/aromatic N) is 4. The molecule has 1 atom stereocenters. The number of hydrogen-bond donors (Lipinski definition) is 1. The lowest BCUT2D eigenvalue weighted by Gasteiger charge is -2.32. The van der Waals surface area contributed by atoms with Gasteiger partial charge in [-0.25, -0.2) is 0 Å². The summed E-state index contributed by atoms with van der Waals surface area (Å²) in [5, 5.41) is 15.7. The van der Waals surface area contributed by atoms with Crippen LogP contribution in [0.2, 0.25) is 0 Å². The first-order valence-corrected chi connectivity index (χ1v) is 7.07. The molecule has 1 aromatic heterocycles. The van der Waals surface area contributed by atoms with Crippen LogP contribution in [0.5, 0.6) is 0 Å². The average molecular weight is 338 g/mol. The molecule has 6 nitrogen and oxygen atoms in total. The van der Waals surface area contributed by atoms with Crippen molar-refractivity contribution in [2.75, 3.05) is 11.4 Å². The molecular formula is C15H13F3N4O2. The lowest BCUT2D eigenvalue weighted by Crippen LogP contribution is -2.43. The van der Waals surface area contributed by atoms with Crippen molar-refractivity contribution in [3.8, 4) is 0 Å². The molecule has 0 spiro atoms. The summed E-state index contributed by atoms with van der Waals surface area (Å²) in [4.78, 5) is 14.1. The van der Waals surface area contributed by atoms with Crippen LogP contribution in [0.4, 0.5) is 18.9 Å². The smallest absolute Gasteiger partial charge is 0.411 e. The van der Waals surface area contributed by atoms with Gasteiger partial charge >= 0.3 is 6.18 Å². The topological polar surface area (TPSA) is 70.7 Å². The first-order valence-electron chi connectivity index (χ1n) is 7.07. The van der Waals surface area contributed by atoms with Crippen LogP contribution in [0.1, 0.15) is 34.6 Å². The van der Waals surface area contributed by atoms with Crippen LogP contribution in [0, 0.1) is 0 Å². The molecule has 126 valence electrons. The van der Waals surface area contributed by atoms with Crippen LogP contribution in [0.15, 0.2) is 35.6 Å². The van der Waals surface area contributed by atoms with Crippen LogP contribution in [0.3, 0.4) is 0 Å². The Morgan fingerprint density at radius 2 is 2.00 bits per heavy atom. The summed E-state index contributed by atoms with van der Waals surface area (Å²) in [6.07, 6.45) is -1.93. The molecule has 24 heavy (non-hydrogen) atoms. The van der Waals surface area contributed by atoms with Gasteiger partial charge in [0.2, 0.25) is 0 Å². The van der Waals surface area contributed by atoms with Gasteiger partial charge in [0.1, 0.15) is 5.69 Å². The molecule has 1 N–H and O–H groups in total. The third-order valence-corrected chi connectivity index (χ3v) is 3.84. The van der Waals surface area contributed by atoms with Crippen LogP contribution >= 0.6 is 0 Å². The second-order valence-electron chi connectivity index (χ2n) is 5.45. The fraction of sp³-hybridized carbons (Fsp3) is 0.267. The fourth-order valence-electron chi connectivity index (χ4n) is 2.69. The van der Waals surface area contributed by atoms with Crippen LogP contribution in [-0.4, -0.2) is 33.7 Å². The molecule has 1 aromatic carbocycles. The quantitative estimate of drug-likeness (QED) is 0.520. The van der Waals surface area contributed by atoms with Crippen molar-refractivity contribution >= 4 is 17.8 Å². The Labute approximate surface area is 134 Å². The van der Waals surface area contributed by atoms with Gasteiger partial charge in [-0.05, 0) is 31.2 Å². The lowest BCUT2D eigenvalue weighted by molar-refractivity contribution is -0.137. The number of halogens is 3. The highest BCUT2D eigenvalue weighted by Crippen LogP contribution is 2.32. The van der Waals surface area contributed by atoms with Crippen LogP contribution < -0.4 is 4.90 Å². The molecule has 1 aliphatic rings. The number of anilines is 1. The summed E-state index contributed by atoms with van der Waals surface area (Å²) in [5.41, 5.74) is 0.151. The van der Waals surface area contributed by atoms with E-state index in [1.54, 1.807) is 0 Å². The highest BCUT2D eigenvalue weighted by molar-refractivity contribution is 6.10. The predicted octanol–water partition coefficient (Wildman–Crippen LogP) is 2.93. The SMILES string of the molecule is C[C@H]1CN(c2ccc(C(F)(F)F)cc2)C(=O)c2c(C=NO)cnn21. The predicted molar refractivity (Wildman–Crippen MR) is 79.4 cm³/mol. The number of carbonyl (C=O) groups excluding carboxylic acids is 1. The number of alkyl halides is 3. The normalized spacial score (nSPS) is 18.2. The van der Waals surface area contributed by atoms with Gasteiger partial charge in [-0.1, -0.05) is 5.16 Å². The number of carbonyl (C=O) groups is 1. The van der Waals surface area contributed by atoms with E-state index >= 15 is 0 Å². The van der Waals surface area contributed by atoms with Gasteiger partial charge in [0.25, 0.3) is 5.91 Å². The fourth-order valence-corrected chi connectivity index (χ4v) is 2.69. The third kappa shape index (κ3) is 2.61. The van der Waals surface area contributed by atoms with Crippen LogP contribution in [-0.2, 0) is 6.18 Å². The van der Waals surface area contributed by atoms with E-state index in [1.165, 1.54) is 27.9 Å². The van der Waals surface area contributed by atoms with Gasteiger partial charge in [0, 0.05) is 17.8 Å². The zero-order valence-corrected chi connectivity index (χ0v) is 12.5. The largest absolute Gasteiger partial charge is 0.416 e. The summed E-state index contributed by atoms with van der Waals surface area (Å²) in [7, 11) is 0. The Balaban J connectivity index is 1.98. The molecule has 2 aromatic rings. The molecule has 0 saturated heterocycles. The van der Waals surface area contributed by atoms with Gasteiger partial charge in [0.05, 0.1) is 24.0 Å². The van der Waals surface area contributed by atoms with Crippen molar-refractivity contribution < 1.29 is 23.2 Å². The zero-order valence-electron chi connectivity index (χ0n) is 12.5. The zero-order chi connectivity index (χ0) is 17.5. The van der Waals surface area contributed by atoms with Crippen LogP contribution in [0.25, 0.3) is 0 Å². The van der Waals surface area contributed by atoms with E-state index in [4.69, 9.17) is 5.21 Å². The number of oxime groups is 1. The van der Waals surface area contributed by atoms with Crippen molar-refractivity contribution in [3.63, 3.8) is 0 Å². The van der Waals surface area contributed by atoms with Gasteiger partial charge in [-0.2, -0.15) is 18.3 Å². The standard InChI is InChI=1S/C15H13F3N4O2/c1-9-8-21(12-4-2-11(3-5-12)15(16,17)18)14(23)13-10(7-20-24)6-19-22(9)13/h2-7,9,24H,8H2,1H3/t9-/m0/s1. The second-order valence-corrected chi connectivity index (χ2v) is 5.45. The highest BCUT2D eigenvalue weighted by atomic mass is 19.4. The maximum atomic E-state index is 12.7. The third-order valence-electron chi connectivity index (χ3n) is 3.84. The molecule has 0 radical (unpaired) electrons. The number of benzene rings is 1. The van der Waals surface area contributed by atoms with E-state index in [2.05, 4.69) is 10.3 Å². The molecule has 0 saturated carbocycles. The second kappa shape index (κ2) is 5.66. The van der Waals surface area contributed by atoms with E-state index in [1.807, 2.05) is 6.92 Å². The highest BCUT2D eigenvalue weighted by Gasteiger charge is 2.34. The summed E-state index contributed by atoms with van der Waals surface area (Å²) in [6.45, 7) is 2.11. The molecule has 9 heteroatoms. The molecular weight excluding hydrogens is 325 g/mol. The first-order chi connectivity index (χ1) is 11.3. The number of rotatable bonds is 2. The summed E-state index contributed by atoms with van der Waals surface area (Å²) < 4.78 is 39.5. The Morgan fingerprint density at radius 1 is 1.33 bits per heavy atom. The average Bonchev–Trinajstić information content (AvgIpc) is 2.95. The van der Waals surface area contributed by atoms with E-state index in [0.29, 0.717) is 11.3 Å². The maximum absolute atomic E-state index is 12.7. The minimum Gasteiger partial charge on any atom is -0.411 e. The summed E-state index contributed by atoms with van der Waals surface area (Å²) in [6, 6.07) is 4.23. The van der Waals surface area contributed by atoms with Crippen molar-refractivity contribution in [3.05, 3.63) is 47.3 Å². The Kier molecular flexibility index (Phi) is 3.78. The minimum absolute atomic E-state index is 0.180. The minimum atomic E-state index is -4.43. The van der Waals surface area contributed by atoms with Crippen molar-refractivity contribution in [1.82, 2.24) is 9.78 Å². The maximum Gasteiger partial charge on any atom is 0.416 e. The number of amides is 1. The molecule has 1 amide bonds. The monoisotopic (exact) mass is 338 g/mol. The molecule has 0 unspecified atom stereocenters. The van der Waals surface area contributed by atoms with Gasteiger partial charge in [0.15, 0.2) is 0 Å². The molecule has 0 fully saturated rings. The lowest BCUT2D eigenvalue weighted by atomic mass is 10.1. The van der Waals surface area contributed by atoms with Gasteiger partial charge < -0.3 is 10.1 Å². The van der Waals surface area contributed by atoms with E-state index in [9.17, 15) is 18.0 Å². The van der Waals surface area contributed by atoms with Gasteiger partial charge in [-0.3, -0.25) is 9.48 Å². The molecule has 0 aliphatic carbocycles. The number of aromatic nitrogens is 2. The molecule has 1 aliphatic heterocycles. The molecule has 3 rings (SSSR count). The van der Waals surface area contributed by atoms with Crippen molar-refractivity contribution in [2.45, 2.75) is 19.1 Å². The molecule has 2 heterocycles. The number of hydrogen-bond acceptors (Lipinski definition) is 4. The Bertz CT molecular complexity index is 796. The van der Waals surface area contributed by atoms with Gasteiger partial charge in [-0.15, -0.1) is 0 Å². The van der Waals surface area contributed by atoms with E-state index < -0.39 is 17.6 Å². The Hall–Kier alpha value is -2.84. The number of fused-ring (bicyclic) bond motifs is 1. The first kappa shape index (κ1) is 16.0. The van der Waals surface area contributed by atoms with Crippen molar-refractivity contribution in [2.24, 2.45) is 5.16 Å². The Morgan fingerprint density at radius 3 is 2.58 bits per heavy atom. The summed E-state index contributed by atoms with van der Waals surface area (Å²) >= 11 is 0. The van der Waals surface area contributed by atoms with E-state index in [0.717, 1.165) is 18.3 Å². The summed E-state index contributed by atoms with van der Waals surface area (Å²) in [5.74, 6) is -0.416. The van der Waals surface area contributed by atoms with E-state index in [-0.39, 0.29) is 18.3 Å².